The predicted octanol–water partition coefficient (Wildman–Crippen LogP) is 3.45. The molecule has 1 saturated heterocycles. The highest BCUT2D eigenvalue weighted by atomic mass is 19.4. The summed E-state index contributed by atoms with van der Waals surface area (Å²) >= 11 is 0. The summed E-state index contributed by atoms with van der Waals surface area (Å²) in [5.41, 5.74) is 0.000822. The number of phenols is 1. The molecule has 2 aromatic carbocycles. The number of esters is 1. The highest BCUT2D eigenvalue weighted by Gasteiger charge is 2.32. The molecule has 34 heavy (non-hydrogen) atoms. The molecule has 1 aliphatic heterocycles. The van der Waals surface area contributed by atoms with Gasteiger partial charge >= 0.3 is 12.1 Å². The van der Waals surface area contributed by atoms with Crippen LogP contribution in [0.15, 0.2) is 42.5 Å². The number of morpholine rings is 1. The Kier molecular flexibility index (Phi) is 8.00. The number of aromatic hydroxyl groups is 1. The van der Waals surface area contributed by atoms with Crippen LogP contribution in [-0.4, -0.2) is 57.0 Å². The summed E-state index contributed by atoms with van der Waals surface area (Å²) in [6.07, 6.45) is -2.12. The van der Waals surface area contributed by atoms with Crippen LogP contribution in [0.2, 0.25) is 0 Å². The van der Waals surface area contributed by atoms with Crippen molar-refractivity contribution in [3.05, 3.63) is 53.6 Å². The van der Waals surface area contributed by atoms with Crippen molar-refractivity contribution in [3.63, 3.8) is 0 Å². The Morgan fingerprint density at radius 2 is 1.91 bits per heavy atom. The van der Waals surface area contributed by atoms with E-state index in [-0.39, 0.29) is 17.2 Å². The summed E-state index contributed by atoms with van der Waals surface area (Å²) < 4.78 is 54.7. The standard InChI is InChI=1S/C23H23F3N2O6/c1-32-20-12-15(2-6-19(20)29)3-7-22(31)34-14-21(30)27-17-13-16(23(24,25)26)4-5-18(17)28-8-10-33-11-9-28/h2-7,12-13,29H,8-11,14H2,1H3,(H,27,30)/b7-3+. The van der Waals surface area contributed by atoms with E-state index < -0.39 is 30.2 Å². The first-order valence-corrected chi connectivity index (χ1v) is 10.2. The number of phenolic OH excluding ortho intramolecular Hbond substituents is 1. The first-order valence-electron chi connectivity index (χ1n) is 10.2. The van der Waals surface area contributed by atoms with Crippen molar-refractivity contribution in [1.29, 1.82) is 0 Å². The first-order chi connectivity index (χ1) is 16.2. The van der Waals surface area contributed by atoms with Gasteiger partial charge < -0.3 is 29.5 Å². The molecule has 0 aromatic heterocycles. The monoisotopic (exact) mass is 480 g/mol. The van der Waals surface area contributed by atoms with E-state index in [1.165, 1.54) is 37.5 Å². The lowest BCUT2D eigenvalue weighted by Crippen LogP contribution is -2.37. The molecule has 0 atom stereocenters. The molecule has 0 spiro atoms. The molecule has 3 rings (SSSR count). The van der Waals surface area contributed by atoms with Gasteiger partial charge in [0.05, 0.1) is 37.3 Å². The number of hydrogen-bond donors (Lipinski definition) is 2. The number of benzene rings is 2. The van der Waals surface area contributed by atoms with Gasteiger partial charge in [0.25, 0.3) is 5.91 Å². The molecule has 0 bridgehead atoms. The molecular weight excluding hydrogens is 457 g/mol. The van der Waals surface area contributed by atoms with Crippen molar-refractivity contribution in [2.24, 2.45) is 0 Å². The van der Waals surface area contributed by atoms with Crippen molar-refractivity contribution >= 4 is 29.3 Å². The van der Waals surface area contributed by atoms with Crippen molar-refractivity contribution in [2.45, 2.75) is 6.18 Å². The number of hydrogen-bond acceptors (Lipinski definition) is 7. The molecule has 0 saturated carbocycles. The third kappa shape index (κ3) is 6.64. The zero-order chi connectivity index (χ0) is 24.7. The highest BCUT2D eigenvalue weighted by Crippen LogP contribution is 2.35. The van der Waals surface area contributed by atoms with Gasteiger partial charge in [-0.05, 0) is 42.0 Å². The van der Waals surface area contributed by atoms with Gasteiger partial charge in [-0.15, -0.1) is 0 Å². The zero-order valence-corrected chi connectivity index (χ0v) is 18.2. The van der Waals surface area contributed by atoms with Gasteiger partial charge in [0.1, 0.15) is 0 Å². The van der Waals surface area contributed by atoms with Crippen LogP contribution in [0.4, 0.5) is 24.5 Å². The molecule has 0 unspecified atom stereocenters. The SMILES string of the molecule is COc1cc(/C=C/C(=O)OCC(=O)Nc2cc(C(F)(F)F)ccc2N2CCOCC2)ccc1O. The maximum Gasteiger partial charge on any atom is 0.416 e. The van der Waals surface area contributed by atoms with Crippen LogP contribution in [0.25, 0.3) is 6.08 Å². The molecule has 0 radical (unpaired) electrons. The summed E-state index contributed by atoms with van der Waals surface area (Å²) in [6, 6.07) is 7.51. The fourth-order valence-electron chi connectivity index (χ4n) is 3.23. The van der Waals surface area contributed by atoms with Gasteiger partial charge in [-0.2, -0.15) is 13.2 Å². The number of ether oxygens (including phenoxy) is 3. The summed E-state index contributed by atoms with van der Waals surface area (Å²) in [6.45, 7) is 1.03. The van der Waals surface area contributed by atoms with E-state index in [2.05, 4.69) is 5.32 Å². The minimum absolute atomic E-state index is 0.0375. The molecule has 2 aromatic rings. The third-order valence-corrected chi connectivity index (χ3v) is 4.91. The summed E-state index contributed by atoms with van der Waals surface area (Å²) in [5, 5.41) is 12.0. The largest absolute Gasteiger partial charge is 0.504 e. The fraction of sp³-hybridized carbons (Fsp3) is 0.304. The van der Waals surface area contributed by atoms with E-state index in [0.717, 1.165) is 18.2 Å². The lowest BCUT2D eigenvalue weighted by Gasteiger charge is -2.31. The van der Waals surface area contributed by atoms with Crippen LogP contribution in [0.1, 0.15) is 11.1 Å². The number of alkyl halides is 3. The maximum absolute atomic E-state index is 13.2. The number of anilines is 2. The van der Waals surface area contributed by atoms with Crippen LogP contribution < -0.4 is 15.0 Å². The lowest BCUT2D eigenvalue weighted by molar-refractivity contribution is -0.142. The Balaban J connectivity index is 1.64. The van der Waals surface area contributed by atoms with Gasteiger partial charge in [-0.1, -0.05) is 6.07 Å². The molecule has 1 aliphatic rings. The van der Waals surface area contributed by atoms with Gasteiger partial charge in [0.15, 0.2) is 18.1 Å². The highest BCUT2D eigenvalue weighted by molar-refractivity contribution is 5.97. The van der Waals surface area contributed by atoms with Crippen molar-refractivity contribution in [3.8, 4) is 11.5 Å². The second-order valence-electron chi connectivity index (χ2n) is 7.25. The molecule has 8 nitrogen and oxygen atoms in total. The van der Waals surface area contributed by atoms with Crippen LogP contribution >= 0.6 is 0 Å². The van der Waals surface area contributed by atoms with E-state index in [1.54, 1.807) is 4.90 Å². The lowest BCUT2D eigenvalue weighted by atomic mass is 10.1. The van der Waals surface area contributed by atoms with E-state index in [1.807, 2.05) is 0 Å². The molecule has 0 aliphatic carbocycles. The number of carbonyl (C=O) groups is 2. The Bertz CT molecular complexity index is 1070. The van der Waals surface area contributed by atoms with Gasteiger partial charge in [-0.25, -0.2) is 4.79 Å². The molecule has 1 heterocycles. The Labute approximate surface area is 193 Å². The van der Waals surface area contributed by atoms with Crippen LogP contribution in [0.5, 0.6) is 11.5 Å². The van der Waals surface area contributed by atoms with E-state index in [0.29, 0.717) is 37.6 Å². The van der Waals surface area contributed by atoms with Gasteiger partial charge in [-0.3, -0.25) is 4.79 Å². The Morgan fingerprint density at radius 1 is 1.18 bits per heavy atom. The van der Waals surface area contributed by atoms with E-state index in [9.17, 15) is 27.9 Å². The Hall–Kier alpha value is -3.73. The molecular formula is C23H23F3N2O6. The number of carbonyl (C=O) groups excluding carboxylic acids is 2. The molecule has 1 amide bonds. The van der Waals surface area contributed by atoms with Crippen LogP contribution in [-0.2, 0) is 25.2 Å². The number of methoxy groups -OCH3 is 1. The first kappa shape index (κ1) is 24.9. The van der Waals surface area contributed by atoms with E-state index >= 15 is 0 Å². The van der Waals surface area contributed by atoms with Crippen molar-refractivity contribution in [2.75, 3.05) is 50.2 Å². The normalized spacial score (nSPS) is 14.2. The number of rotatable bonds is 7. The maximum atomic E-state index is 13.2. The number of halogens is 3. The molecule has 182 valence electrons. The minimum atomic E-state index is -4.59. The number of nitrogens with one attached hydrogen (secondary N) is 1. The number of amides is 1. The van der Waals surface area contributed by atoms with Gasteiger partial charge in [0, 0.05) is 19.2 Å². The average Bonchev–Trinajstić information content (AvgIpc) is 2.82. The number of nitrogens with zero attached hydrogens (tertiary/aromatic N) is 1. The predicted molar refractivity (Wildman–Crippen MR) is 118 cm³/mol. The second kappa shape index (κ2) is 10.9. The molecule has 1 fully saturated rings. The second-order valence-corrected chi connectivity index (χ2v) is 7.25. The third-order valence-electron chi connectivity index (χ3n) is 4.91. The fourth-order valence-corrected chi connectivity index (χ4v) is 3.23. The minimum Gasteiger partial charge on any atom is -0.504 e. The zero-order valence-electron chi connectivity index (χ0n) is 18.2. The van der Waals surface area contributed by atoms with E-state index in [4.69, 9.17) is 14.2 Å². The topological polar surface area (TPSA) is 97.3 Å². The van der Waals surface area contributed by atoms with Crippen molar-refractivity contribution < 1.29 is 42.1 Å². The summed E-state index contributed by atoms with van der Waals surface area (Å²) in [5.74, 6) is -1.47. The Morgan fingerprint density at radius 3 is 2.59 bits per heavy atom. The van der Waals surface area contributed by atoms with Gasteiger partial charge in [0.2, 0.25) is 0 Å². The average molecular weight is 480 g/mol. The van der Waals surface area contributed by atoms with Crippen LogP contribution in [0.3, 0.4) is 0 Å². The smallest absolute Gasteiger partial charge is 0.416 e. The van der Waals surface area contributed by atoms with Crippen LogP contribution in [0, 0.1) is 0 Å². The molecule has 11 heteroatoms. The quantitative estimate of drug-likeness (QED) is 0.463. The summed E-state index contributed by atoms with van der Waals surface area (Å²) in [4.78, 5) is 26.1. The van der Waals surface area contributed by atoms with Crippen molar-refractivity contribution in [1.82, 2.24) is 0 Å². The molecule has 2 N–H and O–H groups in total. The summed E-state index contributed by atoms with van der Waals surface area (Å²) in [7, 11) is 1.38.